The molecule has 96 valence electrons. The van der Waals surface area contributed by atoms with Gasteiger partial charge >= 0.3 is 0 Å². The van der Waals surface area contributed by atoms with Crippen molar-refractivity contribution < 1.29 is 0 Å². The van der Waals surface area contributed by atoms with Crippen molar-refractivity contribution in [2.45, 2.75) is 6.54 Å². The van der Waals surface area contributed by atoms with Crippen LogP contribution in [-0.4, -0.2) is 11.9 Å². The summed E-state index contributed by atoms with van der Waals surface area (Å²) in [6.07, 6.45) is 0. The molecule has 0 aromatic heterocycles. The van der Waals surface area contributed by atoms with Crippen LogP contribution in [0.2, 0.25) is 0 Å². The van der Waals surface area contributed by atoms with Crippen LogP contribution >= 0.6 is 15.9 Å². The van der Waals surface area contributed by atoms with E-state index in [1.54, 1.807) is 0 Å². The first-order valence-corrected chi connectivity index (χ1v) is 7.68. The molecule has 1 nitrogen and oxygen atoms in total. The van der Waals surface area contributed by atoms with Gasteiger partial charge in [0, 0.05) is 18.4 Å². The van der Waals surface area contributed by atoms with E-state index in [-0.39, 0.29) is 0 Å². The Labute approximate surface area is 121 Å². The van der Waals surface area contributed by atoms with Gasteiger partial charge in [-0.2, -0.15) is 0 Å². The molecular weight excluding hydrogens is 298 g/mol. The zero-order valence-electron chi connectivity index (χ0n) is 10.7. The summed E-state index contributed by atoms with van der Waals surface area (Å²) in [5.41, 5.74) is 1.37. The van der Waals surface area contributed by atoms with Crippen LogP contribution in [0.5, 0.6) is 0 Å². The van der Waals surface area contributed by atoms with Gasteiger partial charge in [-0.15, -0.1) is 0 Å². The quantitative estimate of drug-likeness (QED) is 0.425. The Bertz CT molecular complexity index is 706. The fraction of sp³-hybridized carbons (Fsp3) is 0.176. The molecular formula is C17H16BrN. The Morgan fingerprint density at radius 2 is 1.58 bits per heavy atom. The number of alkyl halides is 1. The Kier molecular flexibility index (Phi) is 3.81. The minimum absolute atomic E-state index is 0.918. The number of hydrogen-bond donors (Lipinski definition) is 1. The summed E-state index contributed by atoms with van der Waals surface area (Å²) in [4.78, 5) is 0. The fourth-order valence-corrected chi connectivity index (χ4v) is 2.76. The molecule has 2 heteroatoms. The lowest BCUT2D eigenvalue weighted by atomic mass is 10.00. The van der Waals surface area contributed by atoms with Gasteiger partial charge in [0.05, 0.1) is 0 Å². The van der Waals surface area contributed by atoms with Gasteiger partial charge in [-0.25, -0.2) is 0 Å². The van der Waals surface area contributed by atoms with Gasteiger partial charge in [-0.05, 0) is 39.2 Å². The van der Waals surface area contributed by atoms with Crippen molar-refractivity contribution >= 4 is 37.5 Å². The molecule has 3 aromatic rings. The molecule has 0 atom stereocenters. The average Bonchev–Trinajstić information content (AvgIpc) is 2.46. The van der Waals surface area contributed by atoms with Gasteiger partial charge in [-0.3, -0.25) is 0 Å². The van der Waals surface area contributed by atoms with Gasteiger partial charge in [0.2, 0.25) is 0 Å². The largest absolute Gasteiger partial charge is 0.312 e. The van der Waals surface area contributed by atoms with E-state index in [2.05, 4.69) is 75.8 Å². The molecule has 0 spiro atoms. The molecule has 3 rings (SSSR count). The Morgan fingerprint density at radius 3 is 2.37 bits per heavy atom. The van der Waals surface area contributed by atoms with Gasteiger partial charge in [0.1, 0.15) is 0 Å². The number of rotatable bonds is 4. The van der Waals surface area contributed by atoms with Crippen molar-refractivity contribution in [2.75, 3.05) is 11.9 Å². The molecule has 0 aliphatic carbocycles. The van der Waals surface area contributed by atoms with E-state index >= 15 is 0 Å². The van der Waals surface area contributed by atoms with Crippen molar-refractivity contribution in [3.63, 3.8) is 0 Å². The Balaban J connectivity index is 2.09. The van der Waals surface area contributed by atoms with Crippen LogP contribution in [0.3, 0.4) is 0 Å². The monoisotopic (exact) mass is 313 g/mol. The molecule has 0 aliphatic rings. The van der Waals surface area contributed by atoms with Crippen LogP contribution < -0.4 is 5.32 Å². The van der Waals surface area contributed by atoms with Crippen LogP contribution in [0.1, 0.15) is 5.56 Å². The summed E-state index contributed by atoms with van der Waals surface area (Å²) in [5.74, 6) is 0. The molecule has 0 radical (unpaired) electrons. The smallest absolute Gasteiger partial charge is 0.0211 e. The summed E-state index contributed by atoms with van der Waals surface area (Å²) < 4.78 is 0. The first-order valence-electron chi connectivity index (χ1n) is 6.55. The van der Waals surface area contributed by atoms with Gasteiger partial charge in [0.25, 0.3) is 0 Å². The average molecular weight is 314 g/mol. The first kappa shape index (κ1) is 12.6. The lowest BCUT2D eigenvalue weighted by molar-refractivity contribution is 0.738. The highest BCUT2D eigenvalue weighted by molar-refractivity contribution is 9.09. The summed E-state index contributed by atoms with van der Waals surface area (Å²) in [6, 6.07) is 19.7. The maximum Gasteiger partial charge on any atom is 0.0211 e. The number of halogens is 1. The summed E-state index contributed by atoms with van der Waals surface area (Å²) >= 11 is 3.44. The molecule has 3 aromatic carbocycles. The number of benzene rings is 3. The second-order valence-corrected chi connectivity index (χ2v) is 5.50. The van der Waals surface area contributed by atoms with E-state index in [9.17, 15) is 0 Å². The van der Waals surface area contributed by atoms with Crippen molar-refractivity contribution in [1.29, 1.82) is 0 Å². The van der Waals surface area contributed by atoms with E-state index in [0.29, 0.717) is 0 Å². The lowest BCUT2D eigenvalue weighted by Gasteiger charge is -2.09. The second-order valence-electron chi connectivity index (χ2n) is 4.70. The van der Waals surface area contributed by atoms with E-state index in [1.807, 2.05) is 0 Å². The zero-order valence-corrected chi connectivity index (χ0v) is 12.3. The van der Waals surface area contributed by atoms with Crippen LogP contribution in [0.15, 0.2) is 54.6 Å². The Morgan fingerprint density at radius 1 is 0.842 bits per heavy atom. The minimum Gasteiger partial charge on any atom is -0.312 e. The maximum absolute atomic E-state index is 3.44. The third-order valence-corrected chi connectivity index (χ3v) is 3.82. The van der Waals surface area contributed by atoms with Gasteiger partial charge in [0.15, 0.2) is 0 Å². The molecule has 0 amide bonds. The summed E-state index contributed by atoms with van der Waals surface area (Å²) in [7, 11) is 0. The summed E-state index contributed by atoms with van der Waals surface area (Å²) in [6.45, 7) is 1.91. The predicted molar refractivity (Wildman–Crippen MR) is 87.0 cm³/mol. The van der Waals surface area contributed by atoms with Gasteiger partial charge < -0.3 is 5.32 Å². The van der Waals surface area contributed by atoms with Crippen molar-refractivity contribution in [3.8, 4) is 0 Å². The van der Waals surface area contributed by atoms with Crippen molar-refractivity contribution in [3.05, 3.63) is 60.2 Å². The fourth-order valence-electron chi connectivity index (χ4n) is 2.48. The van der Waals surface area contributed by atoms with E-state index in [0.717, 1.165) is 18.4 Å². The first-order chi connectivity index (χ1) is 9.38. The lowest BCUT2D eigenvalue weighted by Crippen LogP contribution is -2.15. The Hall–Kier alpha value is -1.38. The molecule has 0 saturated carbocycles. The second kappa shape index (κ2) is 5.72. The third-order valence-electron chi connectivity index (χ3n) is 3.42. The maximum atomic E-state index is 3.44. The molecule has 0 bridgehead atoms. The topological polar surface area (TPSA) is 12.0 Å². The highest BCUT2D eigenvalue weighted by atomic mass is 79.9. The van der Waals surface area contributed by atoms with Crippen LogP contribution in [0.25, 0.3) is 21.5 Å². The minimum atomic E-state index is 0.918. The predicted octanol–water partition coefficient (Wildman–Crippen LogP) is 4.48. The van der Waals surface area contributed by atoms with Crippen LogP contribution in [-0.2, 0) is 6.54 Å². The number of nitrogens with one attached hydrogen (secondary N) is 1. The molecule has 0 aliphatic heterocycles. The molecule has 1 N–H and O–H groups in total. The number of fused-ring (bicyclic) bond motifs is 2. The SMILES string of the molecule is BrCCNCc1cccc2cc3ccccc3cc12. The molecule has 0 fully saturated rings. The van der Waals surface area contributed by atoms with E-state index in [1.165, 1.54) is 27.1 Å². The van der Waals surface area contributed by atoms with Crippen LogP contribution in [0, 0.1) is 0 Å². The van der Waals surface area contributed by atoms with Crippen LogP contribution in [0.4, 0.5) is 0 Å². The summed E-state index contributed by atoms with van der Waals surface area (Å²) in [5, 5.41) is 9.71. The van der Waals surface area contributed by atoms with E-state index in [4.69, 9.17) is 0 Å². The molecule has 0 saturated heterocycles. The molecule has 0 heterocycles. The van der Waals surface area contributed by atoms with Crippen molar-refractivity contribution in [2.24, 2.45) is 0 Å². The molecule has 0 unspecified atom stereocenters. The normalized spacial score (nSPS) is 11.2. The third kappa shape index (κ3) is 2.65. The highest BCUT2D eigenvalue weighted by Gasteiger charge is 2.02. The zero-order chi connectivity index (χ0) is 13.1. The standard InChI is InChI=1S/C17H16BrN/c18-8-9-19-12-16-7-3-6-15-10-13-4-1-2-5-14(13)11-17(15)16/h1-7,10-11,19H,8-9,12H2. The highest BCUT2D eigenvalue weighted by Crippen LogP contribution is 2.25. The van der Waals surface area contributed by atoms with Gasteiger partial charge in [-0.1, -0.05) is 58.4 Å². The van der Waals surface area contributed by atoms with E-state index < -0.39 is 0 Å². The number of hydrogen-bond acceptors (Lipinski definition) is 1. The van der Waals surface area contributed by atoms with Crippen molar-refractivity contribution in [1.82, 2.24) is 5.32 Å². The molecule has 19 heavy (non-hydrogen) atoms.